The van der Waals surface area contributed by atoms with Gasteiger partial charge in [0.2, 0.25) is 0 Å². The van der Waals surface area contributed by atoms with E-state index in [0.717, 1.165) is 5.56 Å². The number of hydrogen-bond donors (Lipinski definition) is 1. The van der Waals surface area contributed by atoms with E-state index in [1.54, 1.807) is 25.1 Å². The van der Waals surface area contributed by atoms with Crippen molar-refractivity contribution < 1.29 is 19.1 Å². The van der Waals surface area contributed by atoms with E-state index >= 15 is 0 Å². The molecular formula is C12H15NO4. The lowest BCUT2D eigenvalue weighted by molar-refractivity contribution is -0.133. The van der Waals surface area contributed by atoms with Crippen molar-refractivity contribution in [1.82, 2.24) is 5.32 Å². The summed E-state index contributed by atoms with van der Waals surface area (Å²) in [6.07, 6.45) is -0.631. The van der Waals surface area contributed by atoms with Gasteiger partial charge in [-0.1, -0.05) is 12.1 Å². The fourth-order valence-electron chi connectivity index (χ4n) is 1.17. The molecule has 5 heteroatoms. The molecule has 0 aliphatic rings. The zero-order valence-corrected chi connectivity index (χ0v) is 9.86. The van der Waals surface area contributed by atoms with Crippen molar-refractivity contribution in [2.24, 2.45) is 0 Å². The van der Waals surface area contributed by atoms with Crippen molar-refractivity contribution >= 4 is 12.1 Å². The molecule has 0 heterocycles. The fraction of sp³-hybridized carbons (Fsp3) is 0.333. The molecule has 0 atom stereocenters. The molecular weight excluding hydrogens is 222 g/mol. The van der Waals surface area contributed by atoms with Gasteiger partial charge in [0, 0.05) is 0 Å². The largest absolute Gasteiger partial charge is 0.450 e. The smallest absolute Gasteiger partial charge is 0.407 e. The molecule has 0 spiro atoms. The van der Waals surface area contributed by atoms with Crippen molar-refractivity contribution in [3.8, 4) is 5.75 Å². The van der Waals surface area contributed by atoms with Crippen LogP contribution in [0, 0.1) is 6.92 Å². The van der Waals surface area contributed by atoms with Gasteiger partial charge in [-0.05, 0) is 31.5 Å². The molecule has 1 N–H and O–H groups in total. The first-order chi connectivity index (χ1) is 8.11. The highest BCUT2D eigenvalue weighted by molar-refractivity contribution is 5.79. The predicted octanol–water partition coefficient (Wildman–Crippen LogP) is 1.65. The SMILES string of the molecule is CCOC(=O)NCC(=O)Oc1cccc(C)c1. The van der Waals surface area contributed by atoms with E-state index < -0.39 is 12.1 Å². The molecule has 1 aromatic rings. The molecule has 0 saturated heterocycles. The van der Waals surface area contributed by atoms with Crippen LogP contribution in [0.2, 0.25) is 0 Å². The van der Waals surface area contributed by atoms with Crippen LogP contribution >= 0.6 is 0 Å². The summed E-state index contributed by atoms with van der Waals surface area (Å²) >= 11 is 0. The Labute approximate surface area is 99.7 Å². The maximum atomic E-state index is 11.3. The minimum Gasteiger partial charge on any atom is -0.450 e. The van der Waals surface area contributed by atoms with Gasteiger partial charge in [0.15, 0.2) is 0 Å². The standard InChI is InChI=1S/C12H15NO4/c1-3-16-12(15)13-8-11(14)17-10-6-4-5-9(2)7-10/h4-7H,3,8H2,1-2H3,(H,13,15). The number of aryl methyl sites for hydroxylation is 1. The number of ether oxygens (including phenoxy) is 2. The van der Waals surface area contributed by atoms with E-state index in [2.05, 4.69) is 10.1 Å². The van der Waals surface area contributed by atoms with Crippen molar-refractivity contribution in [2.75, 3.05) is 13.2 Å². The number of alkyl carbamates (subject to hydrolysis) is 1. The molecule has 1 aromatic carbocycles. The van der Waals surface area contributed by atoms with Crippen LogP contribution in [0.4, 0.5) is 4.79 Å². The monoisotopic (exact) mass is 237 g/mol. The maximum Gasteiger partial charge on any atom is 0.407 e. The van der Waals surface area contributed by atoms with E-state index in [1.807, 2.05) is 13.0 Å². The van der Waals surface area contributed by atoms with Gasteiger partial charge in [-0.2, -0.15) is 0 Å². The Kier molecular flexibility index (Phi) is 5.00. The van der Waals surface area contributed by atoms with Gasteiger partial charge >= 0.3 is 12.1 Å². The molecule has 17 heavy (non-hydrogen) atoms. The second-order valence-electron chi connectivity index (χ2n) is 3.36. The van der Waals surface area contributed by atoms with Gasteiger partial charge in [-0.25, -0.2) is 9.59 Å². The normalized spacial score (nSPS) is 9.53. The van der Waals surface area contributed by atoms with Crippen LogP contribution in [-0.2, 0) is 9.53 Å². The second kappa shape index (κ2) is 6.52. The zero-order valence-electron chi connectivity index (χ0n) is 9.86. The van der Waals surface area contributed by atoms with E-state index in [-0.39, 0.29) is 13.2 Å². The molecule has 5 nitrogen and oxygen atoms in total. The summed E-state index contributed by atoms with van der Waals surface area (Å²) in [6.45, 7) is 3.63. The Morgan fingerprint density at radius 1 is 1.35 bits per heavy atom. The number of amides is 1. The highest BCUT2D eigenvalue weighted by atomic mass is 16.6. The van der Waals surface area contributed by atoms with E-state index in [4.69, 9.17) is 4.74 Å². The first kappa shape index (κ1) is 13.0. The Balaban J connectivity index is 2.37. The molecule has 0 aliphatic heterocycles. The summed E-state index contributed by atoms with van der Waals surface area (Å²) in [5.41, 5.74) is 0.994. The van der Waals surface area contributed by atoms with Crippen LogP contribution in [0.5, 0.6) is 5.75 Å². The van der Waals surface area contributed by atoms with Crippen LogP contribution in [0.15, 0.2) is 24.3 Å². The third-order valence-corrected chi connectivity index (χ3v) is 1.87. The van der Waals surface area contributed by atoms with Crippen LogP contribution in [0.25, 0.3) is 0 Å². The van der Waals surface area contributed by atoms with Gasteiger partial charge in [0.05, 0.1) is 6.61 Å². The number of benzene rings is 1. The van der Waals surface area contributed by atoms with Gasteiger partial charge in [-0.3, -0.25) is 0 Å². The van der Waals surface area contributed by atoms with Crippen molar-refractivity contribution in [1.29, 1.82) is 0 Å². The number of nitrogens with one attached hydrogen (secondary N) is 1. The van der Waals surface area contributed by atoms with Crippen LogP contribution in [0.3, 0.4) is 0 Å². The highest BCUT2D eigenvalue weighted by Gasteiger charge is 2.07. The van der Waals surface area contributed by atoms with Crippen LogP contribution < -0.4 is 10.1 Å². The van der Waals surface area contributed by atoms with Crippen molar-refractivity contribution in [3.63, 3.8) is 0 Å². The first-order valence-electron chi connectivity index (χ1n) is 5.29. The number of hydrogen-bond acceptors (Lipinski definition) is 4. The topological polar surface area (TPSA) is 64.6 Å². The number of rotatable bonds is 4. The Hall–Kier alpha value is -2.04. The molecule has 1 amide bonds. The third kappa shape index (κ3) is 5.01. The maximum absolute atomic E-state index is 11.3. The summed E-state index contributed by atoms with van der Waals surface area (Å²) in [6, 6.07) is 7.10. The molecule has 92 valence electrons. The lowest BCUT2D eigenvalue weighted by Gasteiger charge is -2.06. The predicted molar refractivity (Wildman–Crippen MR) is 61.8 cm³/mol. The molecule has 0 saturated carbocycles. The van der Waals surface area contributed by atoms with Gasteiger partial charge in [0.1, 0.15) is 12.3 Å². The van der Waals surface area contributed by atoms with Crippen LogP contribution in [0.1, 0.15) is 12.5 Å². The lowest BCUT2D eigenvalue weighted by Crippen LogP contribution is -2.32. The summed E-state index contributed by atoms with van der Waals surface area (Å²) in [5, 5.41) is 2.28. The molecule has 0 radical (unpaired) electrons. The summed E-state index contributed by atoms with van der Waals surface area (Å²) in [4.78, 5) is 22.3. The molecule has 0 aromatic heterocycles. The molecule has 0 unspecified atom stereocenters. The average Bonchev–Trinajstić information content (AvgIpc) is 2.27. The summed E-state index contributed by atoms with van der Waals surface area (Å²) in [5.74, 6) is -0.0793. The highest BCUT2D eigenvalue weighted by Crippen LogP contribution is 2.12. The molecule has 0 bridgehead atoms. The Morgan fingerprint density at radius 3 is 2.76 bits per heavy atom. The Morgan fingerprint density at radius 2 is 2.12 bits per heavy atom. The number of carbonyl (C=O) groups is 2. The third-order valence-electron chi connectivity index (χ3n) is 1.87. The van der Waals surface area contributed by atoms with Crippen molar-refractivity contribution in [2.45, 2.75) is 13.8 Å². The van der Waals surface area contributed by atoms with E-state index in [1.165, 1.54) is 0 Å². The average molecular weight is 237 g/mol. The van der Waals surface area contributed by atoms with E-state index in [9.17, 15) is 9.59 Å². The van der Waals surface area contributed by atoms with Gasteiger partial charge in [0.25, 0.3) is 0 Å². The minimum absolute atomic E-state index is 0.216. The Bertz CT molecular complexity index is 403. The molecule has 0 fully saturated rings. The van der Waals surface area contributed by atoms with Crippen LogP contribution in [-0.4, -0.2) is 25.2 Å². The second-order valence-corrected chi connectivity index (χ2v) is 3.36. The number of carbonyl (C=O) groups excluding carboxylic acids is 2. The molecule has 0 aliphatic carbocycles. The lowest BCUT2D eigenvalue weighted by atomic mass is 10.2. The number of esters is 1. The van der Waals surface area contributed by atoms with Crippen molar-refractivity contribution in [3.05, 3.63) is 29.8 Å². The quantitative estimate of drug-likeness (QED) is 0.638. The first-order valence-corrected chi connectivity index (χ1v) is 5.29. The summed E-state index contributed by atoms with van der Waals surface area (Å²) in [7, 11) is 0. The fourth-order valence-corrected chi connectivity index (χ4v) is 1.17. The zero-order chi connectivity index (χ0) is 12.7. The van der Waals surface area contributed by atoms with Gasteiger partial charge in [-0.15, -0.1) is 0 Å². The van der Waals surface area contributed by atoms with E-state index in [0.29, 0.717) is 5.75 Å². The molecule has 1 rings (SSSR count). The summed E-state index contributed by atoms with van der Waals surface area (Å²) < 4.78 is 9.62. The minimum atomic E-state index is -0.631. The van der Waals surface area contributed by atoms with Gasteiger partial charge < -0.3 is 14.8 Å².